The molecular formula is C23H19ClF2N2. The van der Waals surface area contributed by atoms with Crippen molar-refractivity contribution in [3.8, 4) is 11.1 Å². The van der Waals surface area contributed by atoms with E-state index in [1.807, 2.05) is 18.2 Å². The Morgan fingerprint density at radius 1 is 0.964 bits per heavy atom. The number of halogens is 3. The number of fused-ring (bicyclic) bond motifs is 3. The number of anilines is 1. The average Bonchev–Trinajstić information content (AvgIpc) is 3.06. The molecule has 2 aliphatic rings. The van der Waals surface area contributed by atoms with Crippen LogP contribution < -0.4 is 10.2 Å². The molecule has 0 aromatic heterocycles. The largest absolute Gasteiger partial charge is 0.359 e. The quantitative estimate of drug-likeness (QED) is 0.644. The SMILES string of the molecule is Fc1ccccc1-c1c(Cl)c(F)cc2c1CC1(c3ccccc3)CNCCN21. The first-order valence-corrected chi connectivity index (χ1v) is 9.79. The molecule has 28 heavy (non-hydrogen) atoms. The summed E-state index contributed by atoms with van der Waals surface area (Å²) in [6.45, 7) is 2.30. The highest BCUT2D eigenvalue weighted by Crippen LogP contribution is 2.51. The molecule has 2 aliphatic heterocycles. The third kappa shape index (κ3) is 2.48. The van der Waals surface area contributed by atoms with E-state index >= 15 is 0 Å². The van der Waals surface area contributed by atoms with Crippen LogP contribution in [0.15, 0.2) is 60.7 Å². The van der Waals surface area contributed by atoms with Crippen molar-refractivity contribution in [3.63, 3.8) is 0 Å². The number of nitrogens with one attached hydrogen (secondary N) is 1. The Kier molecular flexibility index (Phi) is 4.14. The number of hydrogen-bond acceptors (Lipinski definition) is 2. The highest BCUT2D eigenvalue weighted by Gasteiger charge is 2.48. The summed E-state index contributed by atoms with van der Waals surface area (Å²) in [7, 11) is 0. The molecule has 0 aliphatic carbocycles. The van der Waals surface area contributed by atoms with Gasteiger partial charge in [0.2, 0.25) is 0 Å². The lowest BCUT2D eigenvalue weighted by Crippen LogP contribution is -2.57. The zero-order valence-electron chi connectivity index (χ0n) is 15.2. The smallest absolute Gasteiger partial charge is 0.144 e. The molecule has 5 heteroatoms. The fourth-order valence-electron chi connectivity index (χ4n) is 4.72. The van der Waals surface area contributed by atoms with Gasteiger partial charge in [-0.3, -0.25) is 0 Å². The van der Waals surface area contributed by atoms with Crippen LogP contribution in [0.2, 0.25) is 5.02 Å². The van der Waals surface area contributed by atoms with E-state index in [9.17, 15) is 8.78 Å². The molecule has 1 unspecified atom stereocenters. The summed E-state index contributed by atoms with van der Waals surface area (Å²) in [4.78, 5) is 2.26. The Morgan fingerprint density at radius 2 is 1.71 bits per heavy atom. The lowest BCUT2D eigenvalue weighted by atomic mass is 9.83. The predicted octanol–water partition coefficient (Wildman–Crippen LogP) is 5.15. The second-order valence-corrected chi connectivity index (χ2v) is 7.81. The molecule has 5 rings (SSSR count). The third-order valence-corrected chi connectivity index (χ3v) is 6.33. The van der Waals surface area contributed by atoms with E-state index in [1.54, 1.807) is 18.2 Å². The van der Waals surface area contributed by atoms with Gasteiger partial charge >= 0.3 is 0 Å². The minimum atomic E-state index is -0.513. The van der Waals surface area contributed by atoms with Crippen molar-refractivity contribution in [2.75, 3.05) is 24.5 Å². The topological polar surface area (TPSA) is 15.3 Å². The minimum absolute atomic E-state index is 0.0140. The van der Waals surface area contributed by atoms with E-state index < -0.39 is 11.6 Å². The Morgan fingerprint density at radius 3 is 2.50 bits per heavy atom. The normalized spacial score (nSPS) is 20.8. The van der Waals surface area contributed by atoms with Crippen molar-refractivity contribution in [2.24, 2.45) is 0 Å². The molecule has 1 fully saturated rings. The fourth-order valence-corrected chi connectivity index (χ4v) is 4.99. The monoisotopic (exact) mass is 396 g/mol. The van der Waals surface area contributed by atoms with Crippen molar-refractivity contribution in [1.82, 2.24) is 5.32 Å². The van der Waals surface area contributed by atoms with Gasteiger partial charge in [-0.2, -0.15) is 0 Å². The van der Waals surface area contributed by atoms with Crippen LogP contribution in [0.3, 0.4) is 0 Å². The van der Waals surface area contributed by atoms with Gasteiger partial charge in [-0.25, -0.2) is 8.78 Å². The maximum absolute atomic E-state index is 14.8. The van der Waals surface area contributed by atoms with Gasteiger partial charge in [0.15, 0.2) is 0 Å². The molecule has 1 N–H and O–H groups in total. The molecule has 2 heterocycles. The van der Waals surface area contributed by atoms with Gasteiger partial charge in [0.25, 0.3) is 0 Å². The van der Waals surface area contributed by atoms with Gasteiger partial charge in [0.1, 0.15) is 11.6 Å². The van der Waals surface area contributed by atoms with E-state index in [-0.39, 0.29) is 10.6 Å². The number of piperazine rings is 1. The maximum Gasteiger partial charge on any atom is 0.144 e. The molecule has 1 atom stereocenters. The maximum atomic E-state index is 14.8. The summed E-state index contributed by atoms with van der Waals surface area (Å²) in [6, 6.07) is 18.2. The summed E-state index contributed by atoms with van der Waals surface area (Å²) in [5.41, 5.74) is 3.36. The standard InChI is InChI=1S/C23H19ClF2N2/c24-22-19(26)12-20-17(21(22)16-8-4-5-9-18(16)25)13-23(14-27-10-11-28(20)23)15-6-2-1-3-7-15/h1-9,12,27H,10-11,13-14H2. The predicted molar refractivity (Wildman–Crippen MR) is 109 cm³/mol. The van der Waals surface area contributed by atoms with Crippen molar-refractivity contribution >= 4 is 17.3 Å². The first-order chi connectivity index (χ1) is 13.6. The van der Waals surface area contributed by atoms with Crippen LogP contribution in [0.4, 0.5) is 14.5 Å². The Labute approximate surface area is 167 Å². The molecule has 0 radical (unpaired) electrons. The zero-order valence-corrected chi connectivity index (χ0v) is 15.9. The highest BCUT2D eigenvalue weighted by atomic mass is 35.5. The molecule has 0 spiro atoms. The Bertz CT molecular complexity index is 1050. The summed E-state index contributed by atoms with van der Waals surface area (Å²) < 4.78 is 29.5. The van der Waals surface area contributed by atoms with Crippen molar-refractivity contribution in [3.05, 3.63) is 88.4 Å². The van der Waals surface area contributed by atoms with Gasteiger partial charge in [-0.1, -0.05) is 60.1 Å². The molecular weight excluding hydrogens is 378 g/mol. The average molecular weight is 397 g/mol. The van der Waals surface area contributed by atoms with Crippen molar-refractivity contribution in [1.29, 1.82) is 0 Å². The summed E-state index contributed by atoms with van der Waals surface area (Å²) >= 11 is 6.40. The van der Waals surface area contributed by atoms with E-state index in [2.05, 4.69) is 22.3 Å². The Balaban J connectivity index is 1.77. The first-order valence-electron chi connectivity index (χ1n) is 9.41. The Hall–Kier alpha value is -2.43. The van der Waals surface area contributed by atoms with Crippen LogP contribution in [-0.4, -0.2) is 19.6 Å². The lowest BCUT2D eigenvalue weighted by molar-refractivity contribution is 0.350. The van der Waals surface area contributed by atoms with Gasteiger partial charge in [-0.15, -0.1) is 0 Å². The van der Waals surface area contributed by atoms with Crippen LogP contribution in [0.25, 0.3) is 11.1 Å². The molecule has 0 saturated carbocycles. The molecule has 142 valence electrons. The third-order valence-electron chi connectivity index (χ3n) is 5.96. The molecule has 2 nitrogen and oxygen atoms in total. The summed E-state index contributed by atoms with van der Waals surface area (Å²) in [6.07, 6.45) is 0.642. The van der Waals surface area contributed by atoms with Crippen LogP contribution in [-0.2, 0) is 12.0 Å². The van der Waals surface area contributed by atoms with E-state index in [0.29, 0.717) is 17.5 Å². The molecule has 1 saturated heterocycles. The summed E-state index contributed by atoms with van der Waals surface area (Å²) in [5.74, 6) is -0.907. The van der Waals surface area contributed by atoms with Crippen molar-refractivity contribution in [2.45, 2.75) is 12.0 Å². The lowest BCUT2D eigenvalue weighted by Gasteiger charge is -2.45. The van der Waals surface area contributed by atoms with Crippen LogP contribution in [0, 0.1) is 11.6 Å². The van der Waals surface area contributed by atoms with E-state index in [0.717, 1.165) is 36.4 Å². The highest BCUT2D eigenvalue weighted by molar-refractivity contribution is 6.34. The van der Waals surface area contributed by atoms with Gasteiger partial charge in [0.05, 0.1) is 10.6 Å². The molecule has 3 aromatic carbocycles. The van der Waals surface area contributed by atoms with Gasteiger partial charge in [0, 0.05) is 42.9 Å². The van der Waals surface area contributed by atoms with E-state index in [4.69, 9.17) is 11.6 Å². The van der Waals surface area contributed by atoms with Crippen LogP contribution in [0.5, 0.6) is 0 Å². The van der Waals surface area contributed by atoms with E-state index in [1.165, 1.54) is 12.1 Å². The molecule has 0 bridgehead atoms. The second-order valence-electron chi connectivity index (χ2n) is 7.43. The number of rotatable bonds is 2. The minimum Gasteiger partial charge on any atom is -0.359 e. The van der Waals surface area contributed by atoms with Crippen LogP contribution in [0.1, 0.15) is 11.1 Å². The molecule has 0 amide bonds. The zero-order chi connectivity index (χ0) is 19.3. The number of hydrogen-bond donors (Lipinski definition) is 1. The van der Waals surface area contributed by atoms with Crippen molar-refractivity contribution < 1.29 is 8.78 Å². The second kappa shape index (κ2) is 6.57. The fraction of sp³-hybridized carbons (Fsp3) is 0.217. The van der Waals surface area contributed by atoms with Gasteiger partial charge in [-0.05, 0) is 23.3 Å². The van der Waals surface area contributed by atoms with Crippen LogP contribution >= 0.6 is 11.6 Å². The summed E-state index contributed by atoms with van der Waals surface area (Å²) in [5, 5.41) is 3.47. The van der Waals surface area contributed by atoms with Gasteiger partial charge < -0.3 is 10.2 Å². The first kappa shape index (κ1) is 17.7. The number of nitrogens with zero attached hydrogens (tertiary/aromatic N) is 1. The molecule has 3 aromatic rings. The number of benzene rings is 3.